The van der Waals surface area contributed by atoms with Gasteiger partial charge in [-0.05, 0) is 53.0 Å². The van der Waals surface area contributed by atoms with Crippen molar-refractivity contribution in [3.63, 3.8) is 0 Å². The molecule has 0 bridgehead atoms. The number of likely N-dealkylation sites (tertiary alicyclic amines) is 1. The summed E-state index contributed by atoms with van der Waals surface area (Å²) in [5.74, 6) is 0.841. The first-order valence-electron chi connectivity index (χ1n) is 8.44. The van der Waals surface area contributed by atoms with Crippen molar-refractivity contribution in [3.05, 3.63) is 0 Å². The fourth-order valence-corrected chi connectivity index (χ4v) is 3.69. The molecule has 1 N–H and O–H groups in total. The monoisotopic (exact) mass is 348 g/mol. The Hall–Kier alpha value is -0.820. The van der Waals surface area contributed by atoms with Crippen molar-refractivity contribution in [2.75, 3.05) is 31.1 Å². The van der Waals surface area contributed by atoms with Crippen molar-refractivity contribution in [1.82, 2.24) is 10.2 Å². The Labute approximate surface area is 140 Å². The summed E-state index contributed by atoms with van der Waals surface area (Å²) in [7, 11) is -2.94. The van der Waals surface area contributed by atoms with Crippen molar-refractivity contribution in [1.29, 1.82) is 0 Å². The Morgan fingerprint density at radius 3 is 2.35 bits per heavy atom. The van der Waals surface area contributed by atoms with Gasteiger partial charge in [-0.2, -0.15) is 0 Å². The number of hydrogen-bond acceptors (Lipinski definition) is 5. The average molecular weight is 349 g/mol. The molecule has 1 aliphatic rings. The summed E-state index contributed by atoms with van der Waals surface area (Å²) in [6, 6.07) is -0.0381. The van der Waals surface area contributed by atoms with Crippen LogP contribution >= 0.6 is 0 Å². The van der Waals surface area contributed by atoms with Crippen molar-refractivity contribution in [2.24, 2.45) is 5.92 Å². The fraction of sp³-hybridized carbons (Fsp3) is 0.938. The van der Waals surface area contributed by atoms with E-state index in [1.54, 1.807) is 11.8 Å². The third-order valence-corrected chi connectivity index (χ3v) is 5.85. The van der Waals surface area contributed by atoms with Gasteiger partial charge in [-0.1, -0.05) is 6.92 Å². The molecule has 23 heavy (non-hydrogen) atoms. The second-order valence-corrected chi connectivity index (χ2v) is 9.82. The third kappa shape index (κ3) is 8.01. The normalized spacial score (nSPS) is 18.7. The van der Waals surface area contributed by atoms with Crippen LogP contribution < -0.4 is 5.32 Å². The van der Waals surface area contributed by atoms with Gasteiger partial charge in [0.25, 0.3) is 0 Å². The minimum Gasteiger partial charge on any atom is -0.444 e. The molecule has 0 aromatic rings. The lowest BCUT2D eigenvalue weighted by Crippen LogP contribution is -2.44. The summed E-state index contributed by atoms with van der Waals surface area (Å²) in [6.07, 6.45) is 1.59. The van der Waals surface area contributed by atoms with Crippen LogP contribution in [-0.2, 0) is 14.6 Å². The fourth-order valence-electron chi connectivity index (χ4n) is 2.57. The van der Waals surface area contributed by atoms with Gasteiger partial charge in [0.2, 0.25) is 0 Å². The smallest absolute Gasteiger partial charge is 0.410 e. The van der Waals surface area contributed by atoms with E-state index in [9.17, 15) is 13.2 Å². The molecule has 6 nitrogen and oxygen atoms in total. The first kappa shape index (κ1) is 20.2. The lowest BCUT2D eigenvalue weighted by Gasteiger charge is -2.34. The van der Waals surface area contributed by atoms with Gasteiger partial charge in [-0.15, -0.1) is 0 Å². The average Bonchev–Trinajstić information content (AvgIpc) is 2.43. The Kier molecular flexibility index (Phi) is 7.32. The molecular weight excluding hydrogens is 316 g/mol. The minimum absolute atomic E-state index is 0.0381. The molecule has 1 unspecified atom stereocenters. The van der Waals surface area contributed by atoms with E-state index in [-0.39, 0.29) is 23.6 Å². The van der Waals surface area contributed by atoms with Crippen LogP contribution in [0.4, 0.5) is 4.79 Å². The van der Waals surface area contributed by atoms with E-state index in [2.05, 4.69) is 5.32 Å². The Bertz CT molecular complexity index is 477. The van der Waals surface area contributed by atoms with E-state index in [4.69, 9.17) is 4.74 Å². The van der Waals surface area contributed by atoms with Crippen LogP contribution in [0.2, 0.25) is 0 Å². The summed E-state index contributed by atoms with van der Waals surface area (Å²) in [5.41, 5.74) is -0.463. The van der Waals surface area contributed by atoms with Crippen LogP contribution in [0, 0.1) is 5.92 Å². The number of sulfone groups is 1. The molecule has 0 aromatic carbocycles. The van der Waals surface area contributed by atoms with E-state index in [0.29, 0.717) is 19.0 Å². The highest BCUT2D eigenvalue weighted by Crippen LogP contribution is 2.19. The molecule has 1 heterocycles. The molecule has 1 rings (SSSR count). The zero-order valence-corrected chi connectivity index (χ0v) is 15.9. The zero-order chi connectivity index (χ0) is 17.7. The molecule has 1 amide bonds. The number of carbonyl (C=O) groups is 1. The van der Waals surface area contributed by atoms with E-state index >= 15 is 0 Å². The van der Waals surface area contributed by atoms with Crippen LogP contribution in [0.15, 0.2) is 0 Å². The van der Waals surface area contributed by atoms with Crippen LogP contribution in [0.5, 0.6) is 0 Å². The third-order valence-electron chi connectivity index (χ3n) is 3.96. The van der Waals surface area contributed by atoms with Gasteiger partial charge in [0, 0.05) is 24.9 Å². The van der Waals surface area contributed by atoms with Crippen molar-refractivity contribution in [2.45, 2.75) is 59.1 Å². The topological polar surface area (TPSA) is 75.7 Å². The number of hydrogen-bond donors (Lipinski definition) is 1. The van der Waals surface area contributed by atoms with Crippen LogP contribution in [0.1, 0.15) is 47.5 Å². The molecule has 0 aliphatic carbocycles. The maximum absolute atomic E-state index is 12.0. The summed E-state index contributed by atoms with van der Waals surface area (Å²) in [5, 5.41) is 3.31. The molecule has 0 saturated carbocycles. The SMILES string of the molecule is CCS(=O)(=O)CC(C)NCC1CCN(C(=O)OC(C)(C)C)CC1. The Morgan fingerprint density at radius 2 is 1.87 bits per heavy atom. The summed E-state index contributed by atoms with van der Waals surface area (Å²) in [4.78, 5) is 13.8. The molecular formula is C16H32N2O4S. The number of nitrogens with zero attached hydrogens (tertiary/aromatic N) is 1. The Balaban J connectivity index is 2.30. The van der Waals surface area contributed by atoms with Gasteiger partial charge in [0.1, 0.15) is 5.60 Å². The number of ether oxygens (including phenoxy) is 1. The highest BCUT2D eigenvalue weighted by atomic mass is 32.2. The van der Waals surface area contributed by atoms with Crippen LogP contribution in [0.25, 0.3) is 0 Å². The largest absolute Gasteiger partial charge is 0.444 e. The molecule has 1 atom stereocenters. The lowest BCUT2D eigenvalue weighted by atomic mass is 9.97. The molecule has 1 fully saturated rings. The minimum atomic E-state index is -2.94. The highest BCUT2D eigenvalue weighted by molar-refractivity contribution is 7.91. The molecule has 0 radical (unpaired) electrons. The standard InChI is InChI=1S/C16H32N2O4S/c1-6-23(20,21)12-13(2)17-11-14-7-9-18(10-8-14)15(19)22-16(3,4)5/h13-14,17H,6-12H2,1-5H3. The summed E-state index contributed by atoms with van der Waals surface area (Å²) < 4.78 is 28.6. The van der Waals surface area contributed by atoms with E-state index in [1.807, 2.05) is 27.7 Å². The quantitative estimate of drug-likeness (QED) is 0.795. The van der Waals surface area contributed by atoms with Crippen molar-refractivity contribution < 1.29 is 17.9 Å². The molecule has 0 aromatic heterocycles. The van der Waals surface area contributed by atoms with Gasteiger partial charge in [0.15, 0.2) is 9.84 Å². The number of nitrogens with one attached hydrogen (secondary N) is 1. The summed E-state index contributed by atoms with van der Waals surface area (Å²) in [6.45, 7) is 11.4. The van der Waals surface area contributed by atoms with Gasteiger partial charge in [-0.3, -0.25) is 0 Å². The van der Waals surface area contributed by atoms with Gasteiger partial charge in [-0.25, -0.2) is 13.2 Å². The summed E-state index contributed by atoms with van der Waals surface area (Å²) >= 11 is 0. The van der Waals surface area contributed by atoms with Gasteiger partial charge >= 0.3 is 6.09 Å². The second-order valence-electron chi connectivity index (χ2n) is 7.42. The number of piperidine rings is 1. The molecule has 0 spiro atoms. The lowest BCUT2D eigenvalue weighted by molar-refractivity contribution is 0.0183. The van der Waals surface area contributed by atoms with Crippen molar-refractivity contribution in [3.8, 4) is 0 Å². The first-order chi connectivity index (χ1) is 10.5. The highest BCUT2D eigenvalue weighted by Gasteiger charge is 2.27. The second kappa shape index (κ2) is 8.33. The Morgan fingerprint density at radius 1 is 1.30 bits per heavy atom. The number of amides is 1. The van der Waals surface area contributed by atoms with Crippen LogP contribution in [0.3, 0.4) is 0 Å². The number of rotatable bonds is 6. The van der Waals surface area contributed by atoms with Gasteiger partial charge in [0.05, 0.1) is 5.75 Å². The number of carbonyl (C=O) groups excluding carboxylic acids is 1. The molecule has 136 valence electrons. The molecule has 1 aliphatic heterocycles. The predicted molar refractivity (Wildman–Crippen MR) is 92.3 cm³/mol. The van der Waals surface area contributed by atoms with Crippen LogP contribution in [-0.4, -0.2) is 62.2 Å². The van der Waals surface area contributed by atoms with Gasteiger partial charge < -0.3 is 15.0 Å². The van der Waals surface area contributed by atoms with E-state index < -0.39 is 15.4 Å². The predicted octanol–water partition coefficient (Wildman–Crippen LogP) is 2.05. The molecule has 7 heteroatoms. The first-order valence-corrected chi connectivity index (χ1v) is 10.3. The maximum atomic E-state index is 12.0. The van der Waals surface area contributed by atoms with E-state index in [1.165, 1.54) is 0 Å². The maximum Gasteiger partial charge on any atom is 0.410 e. The van der Waals surface area contributed by atoms with E-state index in [0.717, 1.165) is 19.4 Å². The van der Waals surface area contributed by atoms with Crippen molar-refractivity contribution >= 4 is 15.9 Å². The zero-order valence-electron chi connectivity index (χ0n) is 15.1. The molecule has 1 saturated heterocycles.